The molecule has 0 aliphatic carbocycles. The van der Waals surface area contributed by atoms with Crippen LogP contribution in [0.5, 0.6) is 5.75 Å². The number of anilines is 3. The summed E-state index contributed by atoms with van der Waals surface area (Å²) in [6.45, 7) is 4.64. The molecule has 164 valence electrons. The van der Waals surface area contributed by atoms with E-state index in [4.69, 9.17) is 10.00 Å². The van der Waals surface area contributed by atoms with Gasteiger partial charge in [0.05, 0.1) is 31.4 Å². The van der Waals surface area contributed by atoms with Crippen molar-refractivity contribution in [2.75, 3.05) is 43.5 Å². The Balaban J connectivity index is 1.30. The van der Waals surface area contributed by atoms with Crippen LogP contribution in [-0.2, 0) is 0 Å². The summed E-state index contributed by atoms with van der Waals surface area (Å²) in [5, 5.41) is 11.9. The second kappa shape index (κ2) is 8.85. The van der Waals surface area contributed by atoms with Crippen LogP contribution in [0.15, 0.2) is 43.1 Å². The van der Waals surface area contributed by atoms with E-state index < -0.39 is 0 Å². The van der Waals surface area contributed by atoms with Gasteiger partial charge in [-0.1, -0.05) is 0 Å². The van der Waals surface area contributed by atoms with Gasteiger partial charge in [-0.25, -0.2) is 15.0 Å². The standard InChI is InChI=1S/C23H26N8O/c1-32-21-10-18(30-9-6-19(14-30)29-7-2-3-8-29)4-5-20(21)31-15-23(27-16-31)28-22-13-25-17(11-24)12-26-22/h4-5,10,12-13,15-16,19H,2-3,6-9,14H2,1H3,(H,26,28). The van der Waals surface area contributed by atoms with Crippen LogP contribution in [0.2, 0.25) is 0 Å². The van der Waals surface area contributed by atoms with Gasteiger partial charge in [-0.2, -0.15) is 5.26 Å². The molecule has 1 atom stereocenters. The number of nitrogens with one attached hydrogen (secondary N) is 1. The van der Waals surface area contributed by atoms with Gasteiger partial charge in [-0.15, -0.1) is 0 Å². The van der Waals surface area contributed by atoms with Crippen molar-refractivity contribution in [3.63, 3.8) is 0 Å². The van der Waals surface area contributed by atoms with E-state index in [1.165, 1.54) is 50.4 Å². The third-order valence-electron chi connectivity index (χ3n) is 6.23. The highest BCUT2D eigenvalue weighted by molar-refractivity contribution is 5.61. The molecule has 4 heterocycles. The number of nitrogens with zero attached hydrogens (tertiary/aromatic N) is 7. The lowest BCUT2D eigenvalue weighted by atomic mass is 10.2. The summed E-state index contributed by atoms with van der Waals surface area (Å²) in [4.78, 5) is 17.7. The highest BCUT2D eigenvalue weighted by atomic mass is 16.5. The molecule has 0 spiro atoms. The minimum absolute atomic E-state index is 0.274. The summed E-state index contributed by atoms with van der Waals surface area (Å²) < 4.78 is 7.64. The molecule has 5 rings (SSSR count). The van der Waals surface area contributed by atoms with Gasteiger partial charge >= 0.3 is 0 Å². The molecule has 0 radical (unpaired) electrons. The van der Waals surface area contributed by atoms with E-state index in [0.717, 1.165) is 24.5 Å². The second-order valence-electron chi connectivity index (χ2n) is 8.18. The number of likely N-dealkylation sites (tertiary alicyclic amines) is 1. The van der Waals surface area contributed by atoms with Crippen molar-refractivity contribution in [2.45, 2.75) is 25.3 Å². The van der Waals surface area contributed by atoms with Crippen molar-refractivity contribution in [2.24, 2.45) is 0 Å². The van der Waals surface area contributed by atoms with Gasteiger partial charge in [0.1, 0.15) is 29.8 Å². The van der Waals surface area contributed by atoms with Crippen molar-refractivity contribution >= 4 is 17.3 Å². The summed E-state index contributed by atoms with van der Waals surface area (Å²) in [6, 6.07) is 8.96. The number of hydrogen-bond acceptors (Lipinski definition) is 8. The number of rotatable bonds is 6. The van der Waals surface area contributed by atoms with Gasteiger partial charge in [0.2, 0.25) is 0 Å². The smallest absolute Gasteiger partial charge is 0.158 e. The molecule has 9 heteroatoms. The Morgan fingerprint density at radius 3 is 2.72 bits per heavy atom. The normalized spacial score (nSPS) is 18.6. The van der Waals surface area contributed by atoms with E-state index in [-0.39, 0.29) is 5.69 Å². The first-order valence-electron chi connectivity index (χ1n) is 10.9. The Morgan fingerprint density at radius 1 is 1.09 bits per heavy atom. The average Bonchev–Trinajstić information content (AvgIpc) is 3.61. The summed E-state index contributed by atoms with van der Waals surface area (Å²) in [5.41, 5.74) is 2.38. The van der Waals surface area contributed by atoms with Crippen LogP contribution in [0.3, 0.4) is 0 Å². The molecule has 0 saturated carbocycles. The zero-order valence-corrected chi connectivity index (χ0v) is 18.1. The van der Waals surface area contributed by atoms with Crippen LogP contribution in [-0.4, -0.2) is 63.7 Å². The number of ether oxygens (including phenoxy) is 1. The van der Waals surface area contributed by atoms with Crippen LogP contribution in [0.4, 0.5) is 17.3 Å². The maximum Gasteiger partial charge on any atom is 0.158 e. The lowest BCUT2D eigenvalue weighted by Gasteiger charge is -2.25. The van der Waals surface area contributed by atoms with Gasteiger partial charge in [0.25, 0.3) is 0 Å². The molecule has 0 amide bonds. The minimum Gasteiger partial charge on any atom is -0.494 e. The third-order valence-corrected chi connectivity index (χ3v) is 6.23. The first-order chi connectivity index (χ1) is 15.7. The van der Waals surface area contributed by atoms with Crippen molar-refractivity contribution in [3.05, 3.63) is 48.8 Å². The van der Waals surface area contributed by atoms with Crippen LogP contribution in [0.25, 0.3) is 5.69 Å². The Hall–Kier alpha value is -3.64. The van der Waals surface area contributed by atoms with Crippen molar-refractivity contribution in [1.82, 2.24) is 24.4 Å². The Morgan fingerprint density at radius 2 is 1.97 bits per heavy atom. The van der Waals surface area contributed by atoms with Gasteiger partial charge in [0.15, 0.2) is 5.69 Å². The van der Waals surface area contributed by atoms with Crippen molar-refractivity contribution in [3.8, 4) is 17.5 Å². The van der Waals surface area contributed by atoms with E-state index in [1.54, 1.807) is 13.4 Å². The topological polar surface area (TPSA) is 95.1 Å². The molecule has 2 aromatic heterocycles. The van der Waals surface area contributed by atoms with E-state index >= 15 is 0 Å². The zero-order valence-electron chi connectivity index (χ0n) is 18.1. The van der Waals surface area contributed by atoms with E-state index in [2.05, 4.69) is 48.3 Å². The summed E-state index contributed by atoms with van der Waals surface area (Å²) in [5.74, 6) is 1.95. The number of benzene rings is 1. The van der Waals surface area contributed by atoms with Crippen LogP contribution < -0.4 is 15.0 Å². The lowest BCUT2D eigenvalue weighted by molar-refractivity contribution is 0.260. The van der Waals surface area contributed by atoms with E-state index in [1.807, 2.05) is 16.8 Å². The number of methoxy groups -OCH3 is 1. The summed E-state index contributed by atoms with van der Waals surface area (Å²) in [6.07, 6.45) is 10.4. The van der Waals surface area contributed by atoms with Gasteiger partial charge in [0, 0.05) is 30.9 Å². The molecular weight excluding hydrogens is 404 g/mol. The molecule has 2 aliphatic rings. The molecule has 2 aliphatic heterocycles. The van der Waals surface area contributed by atoms with Crippen molar-refractivity contribution < 1.29 is 4.74 Å². The summed E-state index contributed by atoms with van der Waals surface area (Å²) in [7, 11) is 1.70. The average molecular weight is 431 g/mol. The number of imidazole rings is 1. The Labute approximate surface area is 187 Å². The highest BCUT2D eigenvalue weighted by Crippen LogP contribution is 2.32. The van der Waals surface area contributed by atoms with Crippen molar-refractivity contribution in [1.29, 1.82) is 5.26 Å². The molecule has 1 N–H and O–H groups in total. The van der Waals surface area contributed by atoms with E-state index in [9.17, 15) is 0 Å². The monoisotopic (exact) mass is 430 g/mol. The molecule has 0 bridgehead atoms. The van der Waals surface area contributed by atoms with Gasteiger partial charge in [-0.05, 0) is 44.5 Å². The molecular formula is C23H26N8O. The predicted octanol–water partition coefficient (Wildman–Crippen LogP) is 2.96. The quantitative estimate of drug-likeness (QED) is 0.638. The maximum absolute atomic E-state index is 8.84. The molecule has 1 aromatic carbocycles. The largest absolute Gasteiger partial charge is 0.494 e. The predicted molar refractivity (Wildman–Crippen MR) is 122 cm³/mol. The molecule has 9 nitrogen and oxygen atoms in total. The van der Waals surface area contributed by atoms with Gasteiger partial charge in [-0.3, -0.25) is 4.90 Å². The Kier molecular flexibility index (Phi) is 5.60. The fourth-order valence-corrected chi connectivity index (χ4v) is 4.56. The molecule has 32 heavy (non-hydrogen) atoms. The van der Waals surface area contributed by atoms with Crippen LogP contribution >= 0.6 is 0 Å². The molecule has 1 unspecified atom stereocenters. The summed E-state index contributed by atoms with van der Waals surface area (Å²) >= 11 is 0. The zero-order chi connectivity index (χ0) is 21.9. The van der Waals surface area contributed by atoms with Gasteiger partial charge < -0.3 is 19.5 Å². The fraction of sp³-hybridized carbons (Fsp3) is 0.391. The van der Waals surface area contributed by atoms with E-state index in [0.29, 0.717) is 17.7 Å². The fourth-order valence-electron chi connectivity index (χ4n) is 4.56. The molecule has 3 aromatic rings. The maximum atomic E-state index is 8.84. The first-order valence-corrected chi connectivity index (χ1v) is 10.9. The second-order valence-corrected chi connectivity index (χ2v) is 8.18. The number of nitriles is 1. The number of hydrogen-bond donors (Lipinski definition) is 1. The SMILES string of the molecule is COc1cc(N2CCC(N3CCCC3)C2)ccc1-n1cnc(Nc2cnc(C#N)cn2)c1. The van der Waals surface area contributed by atoms with Crippen LogP contribution in [0, 0.1) is 11.3 Å². The Bertz CT molecular complexity index is 1110. The molecule has 2 fully saturated rings. The lowest BCUT2D eigenvalue weighted by Crippen LogP contribution is -2.35. The first kappa shape index (κ1) is 20.3. The minimum atomic E-state index is 0.274. The van der Waals surface area contributed by atoms with Crippen LogP contribution in [0.1, 0.15) is 25.0 Å². The molecule has 2 saturated heterocycles. The number of aromatic nitrogens is 4. The third kappa shape index (κ3) is 4.09. The highest BCUT2D eigenvalue weighted by Gasteiger charge is 2.29.